The van der Waals surface area contributed by atoms with Crippen molar-refractivity contribution in [3.05, 3.63) is 47.7 Å². The first kappa shape index (κ1) is 24.6. The van der Waals surface area contributed by atoms with Crippen LogP contribution in [0.25, 0.3) is 0 Å². The average molecular weight is 454 g/mol. The highest BCUT2D eigenvalue weighted by Crippen LogP contribution is 2.27. The molecule has 33 heavy (non-hydrogen) atoms. The number of nitrogens with zero attached hydrogens (tertiary/aromatic N) is 5. The lowest BCUT2D eigenvalue weighted by Gasteiger charge is -2.37. The fourth-order valence-corrected chi connectivity index (χ4v) is 3.67. The van der Waals surface area contributed by atoms with Gasteiger partial charge in [-0.2, -0.15) is 0 Å². The molecule has 0 aromatic carbocycles. The Morgan fingerprint density at radius 3 is 2.70 bits per heavy atom. The molecule has 2 aromatic heterocycles. The van der Waals surface area contributed by atoms with E-state index in [9.17, 15) is 15.0 Å². The van der Waals surface area contributed by atoms with E-state index in [4.69, 9.17) is 4.74 Å². The van der Waals surface area contributed by atoms with Gasteiger partial charge in [-0.15, -0.1) is 0 Å². The summed E-state index contributed by atoms with van der Waals surface area (Å²) in [6, 6.07) is 1.27. The van der Waals surface area contributed by atoms with Gasteiger partial charge in [-0.1, -0.05) is 18.8 Å². The Morgan fingerprint density at radius 2 is 2.03 bits per heavy atom. The number of aliphatic hydroxyl groups is 2. The third-order valence-corrected chi connectivity index (χ3v) is 5.50. The molecule has 176 valence electrons. The van der Waals surface area contributed by atoms with Crippen molar-refractivity contribution in [3.8, 4) is 17.7 Å². The van der Waals surface area contributed by atoms with Crippen LogP contribution in [0.1, 0.15) is 42.3 Å². The van der Waals surface area contributed by atoms with Crippen molar-refractivity contribution in [3.63, 3.8) is 0 Å². The standard InChI is InChI=1S/C24H31N5O4/c1-16-11-29(17(2)14-30)24(32)21-7-19(6-5-18(3)31)10-27-23(21)33-22(16)13-28(4)12-20-8-25-15-26-9-20/h7-10,15-18,22,30-31H,11-14H2,1-4H3/t16-,17-,18+,22-/m0/s1. The number of aromatic nitrogens is 3. The number of carbonyl (C=O) groups is 1. The van der Waals surface area contributed by atoms with Crippen molar-refractivity contribution in [2.45, 2.75) is 45.6 Å². The maximum Gasteiger partial charge on any atom is 0.259 e. The number of ether oxygens (including phenoxy) is 1. The highest BCUT2D eigenvalue weighted by Gasteiger charge is 2.34. The Bertz CT molecular complexity index is 1000. The first-order valence-corrected chi connectivity index (χ1v) is 11.0. The fourth-order valence-electron chi connectivity index (χ4n) is 3.67. The van der Waals surface area contributed by atoms with Crippen molar-refractivity contribution < 1.29 is 19.7 Å². The van der Waals surface area contributed by atoms with Crippen molar-refractivity contribution in [1.82, 2.24) is 24.8 Å². The number of carbonyl (C=O) groups excluding carboxylic acids is 1. The number of hydrogen-bond acceptors (Lipinski definition) is 8. The molecule has 0 spiro atoms. The monoisotopic (exact) mass is 453 g/mol. The predicted octanol–water partition coefficient (Wildman–Crippen LogP) is 0.956. The van der Waals surface area contributed by atoms with Crippen LogP contribution in [0.15, 0.2) is 31.0 Å². The summed E-state index contributed by atoms with van der Waals surface area (Å²) >= 11 is 0. The van der Waals surface area contributed by atoms with Gasteiger partial charge in [-0.3, -0.25) is 9.69 Å². The molecule has 3 rings (SSSR count). The molecule has 2 aromatic rings. The Kier molecular flexibility index (Phi) is 8.33. The van der Waals surface area contributed by atoms with E-state index in [2.05, 4.69) is 31.7 Å². The van der Waals surface area contributed by atoms with E-state index in [0.29, 0.717) is 30.8 Å². The zero-order valence-electron chi connectivity index (χ0n) is 19.5. The van der Waals surface area contributed by atoms with Crippen LogP contribution in [0.5, 0.6) is 5.88 Å². The van der Waals surface area contributed by atoms with Gasteiger partial charge in [0.25, 0.3) is 5.91 Å². The summed E-state index contributed by atoms with van der Waals surface area (Å²) < 4.78 is 6.28. The van der Waals surface area contributed by atoms with E-state index in [1.807, 2.05) is 20.9 Å². The molecule has 2 N–H and O–H groups in total. The second-order valence-electron chi connectivity index (χ2n) is 8.59. The summed E-state index contributed by atoms with van der Waals surface area (Å²) in [7, 11) is 1.99. The van der Waals surface area contributed by atoms with E-state index in [-0.39, 0.29) is 36.5 Å². The molecule has 1 amide bonds. The molecule has 0 bridgehead atoms. The topological polar surface area (TPSA) is 112 Å². The van der Waals surface area contributed by atoms with Crippen LogP contribution in [-0.2, 0) is 6.54 Å². The van der Waals surface area contributed by atoms with Gasteiger partial charge in [0, 0.05) is 55.3 Å². The lowest BCUT2D eigenvalue weighted by atomic mass is 9.99. The van der Waals surface area contributed by atoms with Crippen LogP contribution in [0.4, 0.5) is 0 Å². The second-order valence-corrected chi connectivity index (χ2v) is 8.59. The summed E-state index contributed by atoms with van der Waals surface area (Å²) in [6.45, 7) is 6.93. The first-order valence-electron chi connectivity index (χ1n) is 11.0. The number of pyridine rings is 1. The minimum atomic E-state index is -0.791. The third kappa shape index (κ3) is 6.48. The molecule has 1 aliphatic heterocycles. The molecule has 1 aliphatic rings. The minimum absolute atomic E-state index is 0.0120. The molecular formula is C24H31N5O4. The summed E-state index contributed by atoms with van der Waals surface area (Å²) in [5, 5.41) is 19.2. The van der Waals surface area contributed by atoms with Crippen molar-refractivity contribution in [1.29, 1.82) is 0 Å². The highest BCUT2D eigenvalue weighted by atomic mass is 16.5. The minimum Gasteiger partial charge on any atom is -0.472 e. The third-order valence-electron chi connectivity index (χ3n) is 5.50. The van der Waals surface area contributed by atoms with Crippen LogP contribution in [0.2, 0.25) is 0 Å². The quantitative estimate of drug-likeness (QED) is 0.622. The summed E-state index contributed by atoms with van der Waals surface area (Å²) in [5.74, 6) is 5.46. The normalized spacial score (nSPS) is 20.1. The van der Waals surface area contributed by atoms with Crippen molar-refractivity contribution in [2.75, 3.05) is 26.7 Å². The smallest absolute Gasteiger partial charge is 0.259 e. The molecule has 0 unspecified atom stereocenters. The Balaban J connectivity index is 1.91. The molecule has 0 fully saturated rings. The van der Waals surface area contributed by atoms with Gasteiger partial charge in [0.15, 0.2) is 0 Å². The van der Waals surface area contributed by atoms with Gasteiger partial charge >= 0.3 is 0 Å². The number of rotatable bonds is 6. The zero-order chi connectivity index (χ0) is 24.0. The van der Waals surface area contributed by atoms with Gasteiger partial charge < -0.3 is 19.8 Å². The summed E-state index contributed by atoms with van der Waals surface area (Å²) in [5.41, 5.74) is 1.79. The SMILES string of the molecule is C[C@@H](O)C#Cc1cnc2c(c1)C(=O)N([C@@H](C)CO)C[C@H](C)[C@H](CN(C)Cc1cncnc1)O2. The maximum absolute atomic E-state index is 13.4. The van der Waals surface area contributed by atoms with Gasteiger partial charge in [-0.05, 0) is 27.0 Å². The number of fused-ring (bicyclic) bond motifs is 1. The van der Waals surface area contributed by atoms with Crippen LogP contribution in [-0.4, -0.2) is 85.9 Å². The maximum atomic E-state index is 13.4. The van der Waals surface area contributed by atoms with E-state index < -0.39 is 6.10 Å². The van der Waals surface area contributed by atoms with Gasteiger partial charge in [0.1, 0.15) is 24.1 Å². The molecule has 0 radical (unpaired) electrons. The summed E-state index contributed by atoms with van der Waals surface area (Å²) in [4.78, 5) is 29.7. The average Bonchev–Trinajstić information content (AvgIpc) is 2.80. The zero-order valence-corrected chi connectivity index (χ0v) is 19.5. The number of aliphatic hydroxyl groups excluding tert-OH is 2. The van der Waals surface area contributed by atoms with E-state index >= 15 is 0 Å². The molecule has 0 saturated heterocycles. The molecule has 4 atom stereocenters. The first-order chi connectivity index (χ1) is 15.8. The molecule has 3 heterocycles. The van der Waals surface area contributed by atoms with Crippen LogP contribution >= 0.6 is 0 Å². The van der Waals surface area contributed by atoms with Crippen LogP contribution in [0.3, 0.4) is 0 Å². The second kappa shape index (κ2) is 11.2. The van der Waals surface area contributed by atoms with Crippen LogP contribution in [0, 0.1) is 17.8 Å². The number of amides is 1. The number of hydrogen-bond donors (Lipinski definition) is 2. The van der Waals surface area contributed by atoms with E-state index in [1.165, 1.54) is 12.5 Å². The van der Waals surface area contributed by atoms with E-state index in [0.717, 1.165) is 5.56 Å². The van der Waals surface area contributed by atoms with Gasteiger partial charge in [0.2, 0.25) is 5.88 Å². The van der Waals surface area contributed by atoms with Crippen LogP contribution < -0.4 is 4.74 Å². The summed E-state index contributed by atoms with van der Waals surface area (Å²) in [6.07, 6.45) is 5.56. The Labute approximate surface area is 194 Å². The predicted molar refractivity (Wildman–Crippen MR) is 122 cm³/mol. The lowest BCUT2D eigenvalue weighted by molar-refractivity contribution is 0.0325. The molecule has 9 heteroatoms. The fraction of sp³-hybridized carbons (Fsp3) is 0.500. The molecule has 0 aliphatic carbocycles. The van der Waals surface area contributed by atoms with Gasteiger partial charge in [0.05, 0.1) is 12.6 Å². The van der Waals surface area contributed by atoms with Crippen molar-refractivity contribution in [2.24, 2.45) is 5.92 Å². The Morgan fingerprint density at radius 1 is 1.30 bits per heavy atom. The molecular weight excluding hydrogens is 422 g/mol. The highest BCUT2D eigenvalue weighted by molar-refractivity contribution is 5.97. The Hall–Kier alpha value is -3.06. The molecule has 0 saturated carbocycles. The molecule has 9 nitrogen and oxygen atoms in total. The lowest BCUT2D eigenvalue weighted by Crippen LogP contribution is -2.49. The van der Waals surface area contributed by atoms with Crippen molar-refractivity contribution >= 4 is 5.91 Å². The van der Waals surface area contributed by atoms with Gasteiger partial charge in [-0.25, -0.2) is 15.0 Å². The number of likely N-dealkylation sites (N-methyl/N-ethyl adjacent to an activating group) is 1. The largest absolute Gasteiger partial charge is 0.472 e. The van der Waals surface area contributed by atoms with E-state index in [1.54, 1.807) is 30.3 Å².